The van der Waals surface area contributed by atoms with Crippen LogP contribution in [-0.4, -0.2) is 70.7 Å². The Bertz CT molecular complexity index is 897. The van der Waals surface area contributed by atoms with Gasteiger partial charge in [-0.15, -0.1) is 0 Å². The van der Waals surface area contributed by atoms with Crippen molar-refractivity contribution in [3.05, 3.63) is 59.3 Å². The molecule has 1 unspecified atom stereocenters. The van der Waals surface area contributed by atoms with Crippen molar-refractivity contribution in [2.75, 3.05) is 38.0 Å². The van der Waals surface area contributed by atoms with E-state index in [1.165, 1.54) is 11.1 Å². The number of carbonyl (C=O) groups is 1. The first-order valence-corrected chi connectivity index (χ1v) is 11.7. The van der Waals surface area contributed by atoms with Crippen molar-refractivity contribution < 1.29 is 9.90 Å². The largest absolute Gasteiger partial charge is 0.390 e. The fourth-order valence-corrected chi connectivity index (χ4v) is 4.67. The number of aliphatic hydroxyl groups is 1. The first-order chi connectivity index (χ1) is 15.6. The average molecular weight is 438 g/mol. The van der Waals surface area contributed by atoms with E-state index in [0.29, 0.717) is 25.7 Å². The number of likely N-dealkylation sites (tertiary alicyclic amines) is 1. The Labute approximate surface area is 190 Å². The number of anilines is 1. The second kappa shape index (κ2) is 10.9. The molecule has 1 aromatic heterocycles. The molecule has 1 atom stereocenters. The molecule has 0 spiro atoms. The van der Waals surface area contributed by atoms with Crippen molar-refractivity contribution in [1.82, 2.24) is 20.1 Å². The van der Waals surface area contributed by atoms with Gasteiger partial charge in [0.25, 0.3) is 0 Å². The summed E-state index contributed by atoms with van der Waals surface area (Å²) < 4.78 is 0. The molecule has 3 N–H and O–H groups in total. The lowest BCUT2D eigenvalue weighted by molar-refractivity contribution is -0.129. The number of rotatable bonds is 8. The van der Waals surface area contributed by atoms with Gasteiger partial charge in [0, 0.05) is 65.0 Å². The number of benzene rings is 1. The molecule has 2 aromatic rings. The number of nitrogens with zero attached hydrogens (tertiary/aromatic N) is 3. The molecule has 1 amide bonds. The highest BCUT2D eigenvalue weighted by Gasteiger charge is 2.21. The molecule has 2 aliphatic rings. The molecular formula is C25H35N5O2. The monoisotopic (exact) mass is 437 g/mol. The fourth-order valence-electron chi connectivity index (χ4n) is 4.67. The molecule has 4 rings (SSSR count). The van der Waals surface area contributed by atoms with E-state index in [1.54, 1.807) is 6.92 Å². The SMILES string of the molecule is CC(=O)N1CCC(Nc2cc(CNCC(O)CN3CCc4ccccc4C3)ccn2)CC1. The fraction of sp³-hybridized carbons (Fsp3) is 0.520. The van der Waals surface area contributed by atoms with E-state index in [1.807, 2.05) is 17.2 Å². The van der Waals surface area contributed by atoms with Gasteiger partial charge in [0.2, 0.25) is 5.91 Å². The van der Waals surface area contributed by atoms with Crippen molar-refractivity contribution >= 4 is 11.7 Å². The van der Waals surface area contributed by atoms with Crippen LogP contribution in [0.15, 0.2) is 42.6 Å². The lowest BCUT2D eigenvalue weighted by Crippen LogP contribution is -2.41. The Kier molecular flexibility index (Phi) is 7.73. The van der Waals surface area contributed by atoms with Gasteiger partial charge in [-0.2, -0.15) is 0 Å². The number of fused-ring (bicyclic) bond motifs is 1. The van der Waals surface area contributed by atoms with E-state index in [-0.39, 0.29) is 5.91 Å². The zero-order chi connectivity index (χ0) is 22.3. The van der Waals surface area contributed by atoms with Crippen molar-refractivity contribution in [1.29, 1.82) is 0 Å². The summed E-state index contributed by atoms with van der Waals surface area (Å²) in [5.74, 6) is 1.03. The van der Waals surface area contributed by atoms with Gasteiger partial charge in [-0.1, -0.05) is 24.3 Å². The highest BCUT2D eigenvalue weighted by Crippen LogP contribution is 2.19. The number of nitrogens with one attached hydrogen (secondary N) is 2. The van der Waals surface area contributed by atoms with E-state index in [4.69, 9.17) is 0 Å². The molecule has 172 valence electrons. The van der Waals surface area contributed by atoms with E-state index >= 15 is 0 Å². The van der Waals surface area contributed by atoms with Gasteiger partial charge >= 0.3 is 0 Å². The first kappa shape index (κ1) is 22.7. The number of pyridine rings is 1. The minimum Gasteiger partial charge on any atom is -0.390 e. The predicted molar refractivity (Wildman–Crippen MR) is 126 cm³/mol. The van der Waals surface area contributed by atoms with Gasteiger partial charge in [0.15, 0.2) is 0 Å². The van der Waals surface area contributed by atoms with Gasteiger partial charge in [-0.3, -0.25) is 9.69 Å². The highest BCUT2D eigenvalue weighted by atomic mass is 16.3. The third-order valence-electron chi connectivity index (χ3n) is 6.50. The van der Waals surface area contributed by atoms with Gasteiger partial charge < -0.3 is 20.6 Å². The number of β-amino-alcohol motifs (C(OH)–C–C–N with tert-alkyl or cyclic N) is 1. The van der Waals surface area contributed by atoms with E-state index in [0.717, 1.165) is 56.8 Å². The van der Waals surface area contributed by atoms with Crippen LogP contribution in [0.3, 0.4) is 0 Å². The second-order valence-electron chi connectivity index (χ2n) is 9.01. The van der Waals surface area contributed by atoms with Crippen molar-refractivity contribution in [3.8, 4) is 0 Å². The van der Waals surface area contributed by atoms with Crippen LogP contribution in [0.4, 0.5) is 5.82 Å². The van der Waals surface area contributed by atoms with Crippen LogP contribution in [0.25, 0.3) is 0 Å². The average Bonchev–Trinajstić information content (AvgIpc) is 2.79. The molecule has 1 saturated heterocycles. The van der Waals surface area contributed by atoms with Gasteiger partial charge in [0.1, 0.15) is 5.82 Å². The zero-order valence-electron chi connectivity index (χ0n) is 19.0. The molecule has 32 heavy (non-hydrogen) atoms. The van der Waals surface area contributed by atoms with Crippen molar-refractivity contribution in [2.45, 2.75) is 51.4 Å². The number of aromatic nitrogens is 1. The lowest BCUT2D eigenvalue weighted by atomic mass is 10.00. The van der Waals surface area contributed by atoms with Crippen LogP contribution in [0.2, 0.25) is 0 Å². The Morgan fingerprint density at radius 2 is 1.97 bits per heavy atom. The zero-order valence-corrected chi connectivity index (χ0v) is 19.0. The van der Waals surface area contributed by atoms with Crippen LogP contribution in [0.5, 0.6) is 0 Å². The number of hydrogen-bond acceptors (Lipinski definition) is 6. The molecule has 7 nitrogen and oxygen atoms in total. The van der Waals surface area contributed by atoms with E-state index in [2.05, 4.69) is 50.8 Å². The summed E-state index contributed by atoms with van der Waals surface area (Å²) in [5.41, 5.74) is 3.95. The third-order valence-corrected chi connectivity index (χ3v) is 6.50. The number of carbonyl (C=O) groups excluding carboxylic acids is 1. The maximum Gasteiger partial charge on any atom is 0.219 e. The van der Waals surface area contributed by atoms with Crippen LogP contribution >= 0.6 is 0 Å². The summed E-state index contributed by atoms with van der Waals surface area (Å²) in [6.45, 7) is 7.09. The van der Waals surface area contributed by atoms with Crippen LogP contribution in [-0.2, 0) is 24.3 Å². The number of amides is 1. The number of hydrogen-bond donors (Lipinski definition) is 3. The van der Waals surface area contributed by atoms with Crippen molar-refractivity contribution in [3.63, 3.8) is 0 Å². The van der Waals surface area contributed by atoms with Crippen LogP contribution in [0, 0.1) is 0 Å². The molecule has 1 fully saturated rings. The summed E-state index contributed by atoms with van der Waals surface area (Å²) in [6.07, 6.45) is 4.36. The summed E-state index contributed by atoms with van der Waals surface area (Å²) in [5, 5.41) is 17.4. The van der Waals surface area contributed by atoms with Crippen LogP contribution < -0.4 is 10.6 Å². The highest BCUT2D eigenvalue weighted by molar-refractivity contribution is 5.73. The molecule has 1 aromatic carbocycles. The molecule has 0 bridgehead atoms. The first-order valence-electron chi connectivity index (χ1n) is 11.7. The molecule has 2 aliphatic heterocycles. The molecule has 7 heteroatoms. The Morgan fingerprint density at radius 1 is 1.19 bits per heavy atom. The maximum atomic E-state index is 11.5. The summed E-state index contributed by atoms with van der Waals surface area (Å²) in [4.78, 5) is 20.2. The Hall–Kier alpha value is -2.48. The molecular weight excluding hydrogens is 402 g/mol. The number of piperidine rings is 1. The van der Waals surface area contributed by atoms with Gasteiger partial charge in [0.05, 0.1) is 6.10 Å². The molecule has 3 heterocycles. The Balaban J connectivity index is 1.18. The molecule has 0 saturated carbocycles. The third kappa shape index (κ3) is 6.28. The van der Waals surface area contributed by atoms with E-state index in [9.17, 15) is 9.90 Å². The second-order valence-corrected chi connectivity index (χ2v) is 9.01. The van der Waals surface area contributed by atoms with Crippen molar-refractivity contribution in [2.24, 2.45) is 0 Å². The summed E-state index contributed by atoms with van der Waals surface area (Å²) in [6, 6.07) is 13.0. The molecule has 0 aliphatic carbocycles. The van der Waals surface area contributed by atoms with Gasteiger partial charge in [-0.25, -0.2) is 4.98 Å². The van der Waals surface area contributed by atoms with Gasteiger partial charge in [-0.05, 0) is 48.1 Å². The smallest absolute Gasteiger partial charge is 0.219 e. The molecule has 0 radical (unpaired) electrons. The topological polar surface area (TPSA) is 80.7 Å². The maximum absolute atomic E-state index is 11.5. The minimum absolute atomic E-state index is 0.155. The minimum atomic E-state index is -0.397. The number of aliphatic hydroxyl groups excluding tert-OH is 1. The standard InChI is InChI=1S/C25H35N5O2/c1-19(31)30-12-8-23(9-13-30)28-25-14-20(6-10-27-25)15-26-16-24(32)18-29-11-7-21-4-2-3-5-22(21)17-29/h2-6,10,14,23-24,26,32H,7-9,11-13,15-18H2,1H3,(H,27,28). The summed E-state index contributed by atoms with van der Waals surface area (Å²) in [7, 11) is 0. The lowest BCUT2D eigenvalue weighted by Gasteiger charge is -2.32. The predicted octanol–water partition coefficient (Wildman–Crippen LogP) is 2.01. The normalized spacial score (nSPS) is 18.2. The quantitative estimate of drug-likeness (QED) is 0.586. The Morgan fingerprint density at radius 3 is 2.75 bits per heavy atom. The van der Waals surface area contributed by atoms with Crippen LogP contribution in [0.1, 0.15) is 36.5 Å². The summed E-state index contributed by atoms with van der Waals surface area (Å²) >= 11 is 0. The van der Waals surface area contributed by atoms with E-state index < -0.39 is 6.10 Å².